The van der Waals surface area contributed by atoms with Gasteiger partial charge < -0.3 is 20.7 Å². The van der Waals surface area contributed by atoms with Gasteiger partial charge in [0.15, 0.2) is 5.84 Å². The zero-order valence-corrected chi connectivity index (χ0v) is 13.7. The lowest BCUT2D eigenvalue weighted by Gasteiger charge is -2.38. The molecule has 1 aliphatic rings. The van der Waals surface area contributed by atoms with Crippen LogP contribution in [0.3, 0.4) is 0 Å². The lowest BCUT2D eigenvalue weighted by Crippen LogP contribution is -2.45. The van der Waals surface area contributed by atoms with E-state index in [0.29, 0.717) is 6.04 Å². The molecule has 0 bridgehead atoms. The molecule has 1 aromatic carbocycles. The number of nitrogens with two attached hydrogens (primary N) is 1. The van der Waals surface area contributed by atoms with E-state index in [-0.39, 0.29) is 5.84 Å². The number of rotatable bonds is 4. The fourth-order valence-electron chi connectivity index (χ4n) is 2.94. The normalized spacial score (nSPS) is 20.5. The largest absolute Gasteiger partial charge is 0.409 e. The van der Waals surface area contributed by atoms with Gasteiger partial charge in [-0.3, -0.25) is 0 Å². The number of likely N-dealkylation sites (tertiary alicyclic amines) is 1. The van der Waals surface area contributed by atoms with Crippen molar-refractivity contribution in [3.63, 3.8) is 0 Å². The summed E-state index contributed by atoms with van der Waals surface area (Å²) in [6.45, 7) is 2.19. The number of amidine groups is 1. The van der Waals surface area contributed by atoms with Crippen molar-refractivity contribution in [1.82, 2.24) is 4.90 Å². The second-order valence-electron chi connectivity index (χ2n) is 5.51. The summed E-state index contributed by atoms with van der Waals surface area (Å²) in [7, 11) is 4.25. The van der Waals surface area contributed by atoms with Gasteiger partial charge in [-0.25, -0.2) is 0 Å². The molecule has 1 heterocycles. The summed E-state index contributed by atoms with van der Waals surface area (Å²) in [6, 6.07) is 6.52. The molecule has 1 aromatic rings. The van der Waals surface area contributed by atoms with Crippen LogP contribution < -0.4 is 10.6 Å². The van der Waals surface area contributed by atoms with Gasteiger partial charge in [-0.2, -0.15) is 0 Å². The van der Waals surface area contributed by atoms with Crippen LogP contribution in [0.5, 0.6) is 0 Å². The van der Waals surface area contributed by atoms with Crippen molar-refractivity contribution in [3.8, 4) is 0 Å². The van der Waals surface area contributed by atoms with Crippen LogP contribution in [-0.4, -0.2) is 55.4 Å². The highest BCUT2D eigenvalue weighted by atomic mass is 32.2. The molecule has 116 valence electrons. The Kier molecular flexibility index (Phi) is 5.36. The summed E-state index contributed by atoms with van der Waals surface area (Å²) in [6.07, 6.45) is 4.37. The SMILES string of the molecule is CSc1cccc(N(C)C2CCCN(C)C2)c1/C(N)=N/O. The van der Waals surface area contributed by atoms with Crippen LogP contribution in [0.1, 0.15) is 18.4 Å². The van der Waals surface area contributed by atoms with E-state index in [1.54, 1.807) is 11.8 Å². The topological polar surface area (TPSA) is 65.1 Å². The Morgan fingerprint density at radius 1 is 1.52 bits per heavy atom. The number of oxime groups is 1. The van der Waals surface area contributed by atoms with E-state index in [0.717, 1.165) is 29.2 Å². The summed E-state index contributed by atoms with van der Waals surface area (Å²) in [5.74, 6) is 0.172. The van der Waals surface area contributed by atoms with Crippen LogP contribution in [0.15, 0.2) is 28.3 Å². The summed E-state index contributed by atoms with van der Waals surface area (Å²) in [4.78, 5) is 5.65. The minimum atomic E-state index is 0.172. The van der Waals surface area contributed by atoms with Crippen molar-refractivity contribution in [2.75, 3.05) is 38.3 Å². The van der Waals surface area contributed by atoms with Gasteiger partial charge in [-0.1, -0.05) is 11.2 Å². The van der Waals surface area contributed by atoms with Crippen molar-refractivity contribution < 1.29 is 5.21 Å². The Balaban J connectivity index is 2.38. The quantitative estimate of drug-likeness (QED) is 0.293. The van der Waals surface area contributed by atoms with Crippen LogP contribution in [0, 0.1) is 0 Å². The second-order valence-corrected chi connectivity index (χ2v) is 6.36. The molecule has 0 spiro atoms. The highest BCUT2D eigenvalue weighted by Gasteiger charge is 2.24. The van der Waals surface area contributed by atoms with E-state index in [1.165, 1.54) is 12.8 Å². The molecule has 1 fully saturated rings. The Labute approximate surface area is 130 Å². The first kappa shape index (κ1) is 16.0. The van der Waals surface area contributed by atoms with Gasteiger partial charge in [-0.05, 0) is 44.8 Å². The molecule has 0 amide bonds. The number of hydrogen-bond acceptors (Lipinski definition) is 5. The summed E-state index contributed by atoms with van der Waals surface area (Å²) in [5, 5.41) is 12.3. The third kappa shape index (κ3) is 3.44. The molecule has 1 unspecified atom stereocenters. The predicted molar refractivity (Wildman–Crippen MR) is 89.7 cm³/mol. The molecule has 3 N–H and O–H groups in total. The molecule has 21 heavy (non-hydrogen) atoms. The van der Waals surface area contributed by atoms with Gasteiger partial charge in [-0.15, -0.1) is 11.8 Å². The van der Waals surface area contributed by atoms with Crippen molar-refractivity contribution in [3.05, 3.63) is 23.8 Å². The second kappa shape index (κ2) is 7.04. The van der Waals surface area contributed by atoms with Gasteiger partial charge in [0.2, 0.25) is 0 Å². The maximum Gasteiger partial charge on any atom is 0.173 e. The van der Waals surface area contributed by atoms with E-state index >= 15 is 0 Å². The highest BCUT2D eigenvalue weighted by molar-refractivity contribution is 7.98. The Morgan fingerprint density at radius 2 is 2.29 bits per heavy atom. The van der Waals surface area contributed by atoms with Gasteiger partial charge in [0.1, 0.15) is 0 Å². The number of nitrogens with zero attached hydrogens (tertiary/aromatic N) is 3. The lowest BCUT2D eigenvalue weighted by molar-refractivity contribution is 0.248. The molecule has 6 heteroatoms. The molecule has 0 saturated carbocycles. The molecule has 2 rings (SSSR count). The van der Waals surface area contributed by atoms with Crippen LogP contribution in [-0.2, 0) is 0 Å². The van der Waals surface area contributed by atoms with E-state index < -0.39 is 0 Å². The fourth-order valence-corrected chi connectivity index (χ4v) is 3.57. The predicted octanol–water partition coefficient (Wildman–Crippen LogP) is 2.03. The summed E-state index contributed by atoms with van der Waals surface area (Å²) >= 11 is 1.61. The Bertz CT molecular complexity index is 520. The first-order valence-corrected chi connectivity index (χ1v) is 8.37. The zero-order chi connectivity index (χ0) is 15.4. The third-order valence-corrected chi connectivity index (χ3v) is 4.90. The first-order valence-electron chi connectivity index (χ1n) is 7.14. The van der Waals surface area contributed by atoms with Gasteiger partial charge >= 0.3 is 0 Å². The number of thioether (sulfide) groups is 1. The molecule has 0 aliphatic carbocycles. The molecular weight excluding hydrogens is 284 g/mol. The number of hydrogen-bond donors (Lipinski definition) is 2. The van der Waals surface area contributed by atoms with Gasteiger partial charge in [0.25, 0.3) is 0 Å². The standard InChI is InChI=1S/C15H24N4OS/c1-18-9-5-6-11(10-18)19(2)12-7-4-8-13(21-3)14(12)15(16)17-20/h4,7-8,11,20H,5-6,9-10H2,1-3H3,(H2,16,17). The molecule has 0 radical (unpaired) electrons. The summed E-state index contributed by atoms with van der Waals surface area (Å²) < 4.78 is 0. The van der Waals surface area contributed by atoms with E-state index in [1.807, 2.05) is 24.5 Å². The number of piperidine rings is 1. The maximum absolute atomic E-state index is 9.09. The minimum Gasteiger partial charge on any atom is -0.409 e. The highest BCUT2D eigenvalue weighted by Crippen LogP contribution is 2.31. The number of likely N-dealkylation sites (N-methyl/N-ethyl adjacent to an activating group) is 2. The monoisotopic (exact) mass is 308 g/mol. The molecule has 5 nitrogen and oxygen atoms in total. The van der Waals surface area contributed by atoms with Crippen LogP contribution in [0.25, 0.3) is 0 Å². The number of benzene rings is 1. The van der Waals surface area contributed by atoms with E-state index in [9.17, 15) is 0 Å². The third-order valence-electron chi connectivity index (χ3n) is 4.12. The van der Waals surface area contributed by atoms with E-state index in [2.05, 4.69) is 29.1 Å². The van der Waals surface area contributed by atoms with Gasteiger partial charge in [0.05, 0.1) is 5.56 Å². The van der Waals surface area contributed by atoms with Crippen molar-refractivity contribution in [2.24, 2.45) is 10.9 Å². The van der Waals surface area contributed by atoms with Crippen LogP contribution in [0.2, 0.25) is 0 Å². The molecule has 0 aromatic heterocycles. The maximum atomic E-state index is 9.09. The average Bonchev–Trinajstić information content (AvgIpc) is 2.52. The fraction of sp³-hybridized carbons (Fsp3) is 0.533. The number of anilines is 1. The lowest BCUT2D eigenvalue weighted by atomic mass is 10.0. The van der Waals surface area contributed by atoms with Crippen molar-refractivity contribution in [1.29, 1.82) is 0 Å². The Morgan fingerprint density at radius 3 is 2.90 bits per heavy atom. The van der Waals surface area contributed by atoms with Crippen LogP contribution >= 0.6 is 11.8 Å². The zero-order valence-electron chi connectivity index (χ0n) is 12.9. The van der Waals surface area contributed by atoms with Gasteiger partial charge in [0, 0.05) is 30.2 Å². The molecular formula is C15H24N4OS. The Hall–Kier alpha value is -1.40. The summed E-state index contributed by atoms with van der Waals surface area (Å²) in [5.41, 5.74) is 7.76. The molecule has 1 aliphatic heterocycles. The van der Waals surface area contributed by atoms with Crippen molar-refractivity contribution >= 4 is 23.3 Å². The van der Waals surface area contributed by atoms with E-state index in [4.69, 9.17) is 10.9 Å². The van der Waals surface area contributed by atoms with Crippen LogP contribution in [0.4, 0.5) is 5.69 Å². The average molecular weight is 308 g/mol. The molecule has 1 atom stereocenters. The van der Waals surface area contributed by atoms with Crippen molar-refractivity contribution in [2.45, 2.75) is 23.8 Å². The minimum absolute atomic E-state index is 0.172. The first-order chi connectivity index (χ1) is 10.1. The molecule has 1 saturated heterocycles. The smallest absolute Gasteiger partial charge is 0.173 e.